The third-order valence-electron chi connectivity index (χ3n) is 3.91. The van der Waals surface area contributed by atoms with Crippen molar-refractivity contribution in [3.8, 4) is 5.75 Å². The van der Waals surface area contributed by atoms with Crippen molar-refractivity contribution < 1.29 is 9.64 Å². The Labute approximate surface area is 122 Å². The van der Waals surface area contributed by atoms with E-state index in [1.165, 1.54) is 27.2 Å². The minimum Gasteiger partial charge on any atom is -0.496 e. The van der Waals surface area contributed by atoms with Crippen LogP contribution in [0, 0.1) is 13.8 Å². The maximum absolute atomic E-state index is 5.37. The second-order valence-electron chi connectivity index (χ2n) is 5.47. The van der Waals surface area contributed by atoms with Crippen molar-refractivity contribution in [2.45, 2.75) is 26.9 Å². The Morgan fingerprint density at radius 3 is 2.25 bits per heavy atom. The van der Waals surface area contributed by atoms with E-state index in [2.05, 4.69) is 63.4 Å². The summed E-state index contributed by atoms with van der Waals surface area (Å²) in [7, 11) is 3.97. The van der Waals surface area contributed by atoms with Crippen molar-refractivity contribution in [2.75, 3.05) is 14.2 Å². The van der Waals surface area contributed by atoms with Crippen LogP contribution in [-0.2, 0) is 13.1 Å². The van der Waals surface area contributed by atoms with Gasteiger partial charge in [-0.25, -0.2) is 0 Å². The molecule has 1 unspecified atom stereocenters. The first-order chi connectivity index (χ1) is 9.61. The Morgan fingerprint density at radius 2 is 1.60 bits per heavy atom. The molecule has 0 bridgehead atoms. The lowest BCUT2D eigenvalue weighted by Gasteiger charge is -2.17. The molecule has 1 atom stereocenters. The average molecular weight is 270 g/mol. The number of methoxy groups -OCH3 is 1. The van der Waals surface area contributed by atoms with Gasteiger partial charge in [-0.2, -0.15) is 0 Å². The zero-order valence-corrected chi connectivity index (χ0v) is 12.9. The molecule has 20 heavy (non-hydrogen) atoms. The van der Waals surface area contributed by atoms with Gasteiger partial charge in [0, 0.05) is 11.1 Å². The number of quaternary nitrogens is 1. The van der Waals surface area contributed by atoms with Crippen LogP contribution in [0.4, 0.5) is 0 Å². The molecule has 106 valence electrons. The molecule has 0 radical (unpaired) electrons. The van der Waals surface area contributed by atoms with Gasteiger partial charge >= 0.3 is 0 Å². The molecule has 0 aliphatic carbocycles. The van der Waals surface area contributed by atoms with Gasteiger partial charge in [0.1, 0.15) is 18.8 Å². The van der Waals surface area contributed by atoms with E-state index in [0.717, 1.165) is 18.8 Å². The Bertz CT molecular complexity index is 563. The third-order valence-corrected chi connectivity index (χ3v) is 3.91. The van der Waals surface area contributed by atoms with E-state index >= 15 is 0 Å². The van der Waals surface area contributed by atoms with Crippen molar-refractivity contribution in [3.05, 3.63) is 64.7 Å². The van der Waals surface area contributed by atoms with Gasteiger partial charge in [0.15, 0.2) is 0 Å². The van der Waals surface area contributed by atoms with Gasteiger partial charge in [-0.15, -0.1) is 0 Å². The normalized spacial score (nSPS) is 12.2. The number of hydrogen-bond donors (Lipinski definition) is 1. The van der Waals surface area contributed by atoms with Crippen LogP contribution in [0.5, 0.6) is 5.75 Å². The molecule has 1 N–H and O–H groups in total. The second kappa shape index (κ2) is 6.58. The van der Waals surface area contributed by atoms with Crippen LogP contribution < -0.4 is 9.64 Å². The van der Waals surface area contributed by atoms with Crippen LogP contribution in [0.25, 0.3) is 0 Å². The fourth-order valence-electron chi connectivity index (χ4n) is 2.60. The van der Waals surface area contributed by atoms with E-state index in [1.807, 2.05) is 0 Å². The zero-order chi connectivity index (χ0) is 14.5. The first-order valence-corrected chi connectivity index (χ1v) is 7.10. The third kappa shape index (κ3) is 3.40. The van der Waals surface area contributed by atoms with Gasteiger partial charge in [0.05, 0.1) is 14.2 Å². The molecule has 2 rings (SSSR count). The van der Waals surface area contributed by atoms with Crippen molar-refractivity contribution in [1.82, 2.24) is 0 Å². The molecule has 0 amide bonds. The highest BCUT2D eigenvalue weighted by Crippen LogP contribution is 2.23. The van der Waals surface area contributed by atoms with Gasteiger partial charge < -0.3 is 9.64 Å². The molecule has 2 aromatic rings. The van der Waals surface area contributed by atoms with Crippen molar-refractivity contribution in [1.29, 1.82) is 0 Å². The van der Waals surface area contributed by atoms with Crippen LogP contribution in [0.2, 0.25) is 0 Å². The Hall–Kier alpha value is -1.80. The minimum absolute atomic E-state index is 0.979. The van der Waals surface area contributed by atoms with Crippen molar-refractivity contribution in [3.63, 3.8) is 0 Å². The van der Waals surface area contributed by atoms with Gasteiger partial charge in [-0.1, -0.05) is 30.3 Å². The molecular formula is C18H24NO+. The second-order valence-corrected chi connectivity index (χ2v) is 5.47. The molecular weight excluding hydrogens is 246 g/mol. The average Bonchev–Trinajstić information content (AvgIpc) is 2.45. The fraction of sp³-hybridized carbons (Fsp3) is 0.333. The topological polar surface area (TPSA) is 13.7 Å². The lowest BCUT2D eigenvalue weighted by Crippen LogP contribution is -3.06. The number of hydrogen-bond acceptors (Lipinski definition) is 1. The van der Waals surface area contributed by atoms with Crippen LogP contribution in [0.1, 0.15) is 22.3 Å². The molecule has 0 saturated carbocycles. The quantitative estimate of drug-likeness (QED) is 0.881. The molecule has 0 saturated heterocycles. The minimum atomic E-state index is 0.979. The predicted molar refractivity (Wildman–Crippen MR) is 83.2 cm³/mol. The van der Waals surface area contributed by atoms with Gasteiger partial charge in [-0.05, 0) is 37.1 Å². The van der Waals surface area contributed by atoms with Crippen molar-refractivity contribution in [2.24, 2.45) is 0 Å². The first-order valence-electron chi connectivity index (χ1n) is 7.10. The highest BCUT2D eigenvalue weighted by atomic mass is 16.5. The summed E-state index contributed by atoms with van der Waals surface area (Å²) in [5.41, 5.74) is 5.37. The molecule has 2 heteroatoms. The first kappa shape index (κ1) is 14.6. The highest BCUT2D eigenvalue weighted by molar-refractivity contribution is 5.43. The molecule has 0 aromatic heterocycles. The van der Waals surface area contributed by atoms with Crippen LogP contribution in [0.15, 0.2) is 42.5 Å². The zero-order valence-electron chi connectivity index (χ0n) is 12.9. The standard InChI is InChI=1S/C18H23NO/c1-14-15(2)18(20-4)11-10-17(14)13-19(3)12-16-8-6-5-7-9-16/h5-11H,12-13H2,1-4H3/p+1. The number of benzene rings is 2. The molecule has 0 spiro atoms. The Morgan fingerprint density at radius 1 is 0.900 bits per heavy atom. The summed E-state index contributed by atoms with van der Waals surface area (Å²) in [5, 5.41) is 0. The SMILES string of the molecule is COc1ccc(C[NH+](C)Cc2ccccc2)c(C)c1C. The smallest absolute Gasteiger partial charge is 0.122 e. The maximum atomic E-state index is 5.37. The van der Waals surface area contributed by atoms with Crippen molar-refractivity contribution >= 4 is 0 Å². The number of nitrogens with one attached hydrogen (secondary N) is 1. The van der Waals surface area contributed by atoms with Gasteiger partial charge in [-0.3, -0.25) is 0 Å². The largest absolute Gasteiger partial charge is 0.496 e. The van der Waals surface area contributed by atoms with Crippen LogP contribution in [-0.4, -0.2) is 14.2 Å². The summed E-state index contributed by atoms with van der Waals surface area (Å²) >= 11 is 0. The monoisotopic (exact) mass is 270 g/mol. The summed E-state index contributed by atoms with van der Waals surface area (Å²) in [6, 6.07) is 14.9. The summed E-state index contributed by atoms with van der Waals surface area (Å²) in [5.74, 6) is 0.979. The van der Waals surface area contributed by atoms with E-state index in [1.54, 1.807) is 7.11 Å². The summed E-state index contributed by atoms with van der Waals surface area (Å²) in [4.78, 5) is 1.49. The van der Waals surface area contributed by atoms with E-state index in [9.17, 15) is 0 Å². The molecule has 0 fully saturated rings. The molecule has 0 heterocycles. The van der Waals surface area contributed by atoms with E-state index < -0.39 is 0 Å². The van der Waals surface area contributed by atoms with Gasteiger partial charge in [0.25, 0.3) is 0 Å². The van der Waals surface area contributed by atoms with Gasteiger partial charge in [0.2, 0.25) is 0 Å². The maximum Gasteiger partial charge on any atom is 0.122 e. The summed E-state index contributed by atoms with van der Waals surface area (Å²) in [6.07, 6.45) is 0. The molecule has 2 nitrogen and oxygen atoms in total. The molecule has 0 aliphatic rings. The fourth-order valence-corrected chi connectivity index (χ4v) is 2.60. The Balaban J connectivity index is 2.08. The number of ether oxygens (including phenoxy) is 1. The van der Waals surface area contributed by atoms with E-state index in [-0.39, 0.29) is 0 Å². The van der Waals surface area contributed by atoms with Crippen LogP contribution >= 0.6 is 0 Å². The predicted octanol–water partition coefficient (Wildman–Crippen LogP) is 2.53. The van der Waals surface area contributed by atoms with E-state index in [4.69, 9.17) is 4.74 Å². The molecule has 2 aromatic carbocycles. The summed E-state index contributed by atoms with van der Waals surface area (Å²) in [6.45, 7) is 6.39. The number of rotatable bonds is 5. The van der Waals surface area contributed by atoms with E-state index in [0.29, 0.717) is 0 Å². The molecule has 0 aliphatic heterocycles. The lowest BCUT2D eigenvalue weighted by atomic mass is 10.0. The Kier molecular flexibility index (Phi) is 4.80. The lowest BCUT2D eigenvalue weighted by molar-refractivity contribution is -0.907. The van der Waals surface area contributed by atoms with Crippen LogP contribution in [0.3, 0.4) is 0 Å². The highest BCUT2D eigenvalue weighted by Gasteiger charge is 2.11. The summed E-state index contributed by atoms with van der Waals surface area (Å²) < 4.78 is 5.37.